The van der Waals surface area contributed by atoms with Crippen molar-refractivity contribution in [3.63, 3.8) is 0 Å². The number of carbonyl (C=O) groups is 1. The van der Waals surface area contributed by atoms with Gasteiger partial charge in [0.15, 0.2) is 0 Å². The van der Waals surface area contributed by atoms with Gasteiger partial charge in [0.25, 0.3) is 0 Å². The quantitative estimate of drug-likeness (QED) is 0.318. The molecule has 0 aliphatic rings. The molecule has 1 rings (SSSR count). The predicted octanol–water partition coefficient (Wildman–Crippen LogP) is 3.48. The van der Waals surface area contributed by atoms with E-state index in [9.17, 15) is 4.79 Å². The number of allylic oxidation sites excluding steroid dienone is 1. The predicted molar refractivity (Wildman–Crippen MR) is 61.6 cm³/mol. The Morgan fingerprint density at radius 3 is 2.75 bits per heavy atom. The van der Waals surface area contributed by atoms with Gasteiger partial charge in [-0.15, -0.1) is 0 Å². The van der Waals surface area contributed by atoms with Gasteiger partial charge in [0.05, 0.1) is 5.56 Å². The summed E-state index contributed by atoms with van der Waals surface area (Å²) >= 11 is 0. The fourth-order valence-corrected chi connectivity index (χ4v) is 1.12. The van der Waals surface area contributed by atoms with Crippen LogP contribution in [0.2, 0.25) is 0 Å². The van der Waals surface area contributed by atoms with Crippen molar-refractivity contribution in [1.29, 1.82) is 0 Å². The summed E-state index contributed by atoms with van der Waals surface area (Å²) in [5, 5.41) is 0. The van der Waals surface area contributed by atoms with Crippen molar-refractivity contribution in [3.05, 3.63) is 48.2 Å². The Bertz CT molecular complexity index is 330. The molecule has 0 aliphatic heterocycles. The van der Waals surface area contributed by atoms with Gasteiger partial charge in [0, 0.05) is 0 Å². The van der Waals surface area contributed by atoms with E-state index in [4.69, 9.17) is 0 Å². The topological polar surface area (TPSA) is 35.5 Å². The van der Waals surface area contributed by atoms with Crippen LogP contribution in [0.1, 0.15) is 36.5 Å². The fraction of sp³-hybridized carbons (Fsp3) is 0.308. The molecule has 3 heteroatoms. The molecule has 0 spiro atoms. The zero-order chi connectivity index (χ0) is 11.6. The van der Waals surface area contributed by atoms with E-state index >= 15 is 0 Å². The monoisotopic (exact) mass is 220 g/mol. The van der Waals surface area contributed by atoms with Crippen molar-refractivity contribution in [2.24, 2.45) is 0 Å². The maximum atomic E-state index is 11.4. The number of benzene rings is 1. The van der Waals surface area contributed by atoms with Gasteiger partial charge in [-0.1, -0.05) is 31.5 Å². The first-order valence-electron chi connectivity index (χ1n) is 5.42. The molecule has 0 heterocycles. The van der Waals surface area contributed by atoms with Gasteiger partial charge >= 0.3 is 5.97 Å². The first kappa shape index (κ1) is 12.3. The van der Waals surface area contributed by atoms with Crippen LogP contribution >= 0.6 is 0 Å². The zero-order valence-electron chi connectivity index (χ0n) is 9.39. The number of hydrogen-bond acceptors (Lipinski definition) is 3. The van der Waals surface area contributed by atoms with Crippen molar-refractivity contribution in [2.75, 3.05) is 0 Å². The minimum absolute atomic E-state index is 0.476. The van der Waals surface area contributed by atoms with Crippen molar-refractivity contribution in [1.82, 2.24) is 0 Å². The van der Waals surface area contributed by atoms with Gasteiger partial charge in [0.1, 0.15) is 6.26 Å². The van der Waals surface area contributed by atoms with E-state index in [1.54, 1.807) is 24.3 Å². The summed E-state index contributed by atoms with van der Waals surface area (Å²) in [6, 6.07) is 8.72. The molecule has 0 saturated heterocycles. The highest BCUT2D eigenvalue weighted by molar-refractivity contribution is 5.88. The summed E-state index contributed by atoms with van der Waals surface area (Å²) in [5.41, 5.74) is 0.476. The Kier molecular flexibility index (Phi) is 5.78. The van der Waals surface area contributed by atoms with Crippen molar-refractivity contribution < 1.29 is 14.6 Å². The van der Waals surface area contributed by atoms with Gasteiger partial charge < -0.3 is 0 Å². The molecule has 0 saturated carbocycles. The third-order valence-electron chi connectivity index (χ3n) is 2.01. The molecule has 0 fully saturated rings. The molecule has 1 aromatic carbocycles. The van der Waals surface area contributed by atoms with Crippen molar-refractivity contribution in [3.8, 4) is 0 Å². The Balaban J connectivity index is 2.23. The summed E-state index contributed by atoms with van der Waals surface area (Å²) < 4.78 is 0. The summed E-state index contributed by atoms with van der Waals surface area (Å²) in [4.78, 5) is 20.6. The lowest BCUT2D eigenvalue weighted by atomic mass is 10.2. The normalized spacial score (nSPS) is 10.3. The molecule has 86 valence electrons. The minimum atomic E-state index is -0.485. The molecule has 0 unspecified atom stereocenters. The number of hydrogen-bond donors (Lipinski definition) is 0. The van der Waals surface area contributed by atoms with Crippen LogP contribution in [0.15, 0.2) is 42.7 Å². The van der Waals surface area contributed by atoms with Crippen LogP contribution in [0.3, 0.4) is 0 Å². The highest BCUT2D eigenvalue weighted by atomic mass is 17.2. The van der Waals surface area contributed by atoms with Crippen molar-refractivity contribution >= 4 is 5.97 Å². The number of unbranched alkanes of at least 4 members (excludes halogenated alkanes) is 2. The van der Waals surface area contributed by atoms with Gasteiger partial charge in [-0.05, 0) is 31.1 Å². The van der Waals surface area contributed by atoms with Crippen LogP contribution in [0.25, 0.3) is 0 Å². The van der Waals surface area contributed by atoms with Crippen LogP contribution < -0.4 is 0 Å². The third kappa shape index (κ3) is 4.64. The summed E-state index contributed by atoms with van der Waals surface area (Å²) in [6.07, 6.45) is 6.40. The van der Waals surface area contributed by atoms with E-state index in [0.29, 0.717) is 5.56 Å². The molecule has 0 atom stereocenters. The molecular weight excluding hydrogens is 204 g/mol. The average Bonchev–Trinajstić information content (AvgIpc) is 2.34. The molecule has 0 aromatic heterocycles. The summed E-state index contributed by atoms with van der Waals surface area (Å²) in [5.74, 6) is -0.485. The second kappa shape index (κ2) is 7.51. The van der Waals surface area contributed by atoms with Crippen LogP contribution in [0.4, 0.5) is 0 Å². The van der Waals surface area contributed by atoms with Gasteiger partial charge in [-0.3, -0.25) is 4.89 Å². The molecule has 1 aromatic rings. The lowest BCUT2D eigenvalue weighted by molar-refractivity contribution is -0.191. The molecule has 0 amide bonds. The maximum absolute atomic E-state index is 11.4. The van der Waals surface area contributed by atoms with E-state index in [2.05, 4.69) is 16.7 Å². The molecule has 3 nitrogen and oxygen atoms in total. The van der Waals surface area contributed by atoms with Crippen molar-refractivity contribution in [2.45, 2.75) is 26.2 Å². The van der Waals surface area contributed by atoms with Crippen LogP contribution in [0, 0.1) is 0 Å². The van der Waals surface area contributed by atoms with Gasteiger partial charge in [0.2, 0.25) is 0 Å². The second-order valence-corrected chi connectivity index (χ2v) is 3.35. The van der Waals surface area contributed by atoms with Gasteiger partial charge in [-0.25, -0.2) is 9.68 Å². The van der Waals surface area contributed by atoms with E-state index in [-0.39, 0.29) is 0 Å². The van der Waals surface area contributed by atoms with E-state index < -0.39 is 5.97 Å². The average molecular weight is 220 g/mol. The lowest BCUT2D eigenvalue weighted by Crippen LogP contribution is -2.02. The fourth-order valence-electron chi connectivity index (χ4n) is 1.12. The first-order valence-corrected chi connectivity index (χ1v) is 5.42. The standard InChI is InChI=1S/C13H16O3/c1-2-3-4-8-11-15-16-13(14)12-9-6-5-7-10-12/h5-11H,2-4H2,1H3. The number of rotatable bonds is 6. The molecule has 0 radical (unpaired) electrons. The molecule has 0 aliphatic carbocycles. The van der Waals surface area contributed by atoms with E-state index in [1.165, 1.54) is 6.26 Å². The Morgan fingerprint density at radius 1 is 1.31 bits per heavy atom. The van der Waals surface area contributed by atoms with Crippen LogP contribution in [-0.2, 0) is 9.78 Å². The summed E-state index contributed by atoms with van der Waals surface area (Å²) in [6.45, 7) is 2.12. The highest BCUT2D eigenvalue weighted by Crippen LogP contribution is 2.02. The minimum Gasteiger partial charge on any atom is -0.295 e. The zero-order valence-corrected chi connectivity index (χ0v) is 9.39. The van der Waals surface area contributed by atoms with Crippen LogP contribution in [0.5, 0.6) is 0 Å². The SMILES string of the molecule is CCCCC=COOC(=O)c1ccccc1. The summed E-state index contributed by atoms with van der Waals surface area (Å²) in [7, 11) is 0. The van der Waals surface area contributed by atoms with E-state index in [1.807, 2.05) is 12.1 Å². The Morgan fingerprint density at radius 2 is 2.06 bits per heavy atom. The van der Waals surface area contributed by atoms with Crippen LogP contribution in [-0.4, -0.2) is 5.97 Å². The van der Waals surface area contributed by atoms with Gasteiger partial charge in [-0.2, -0.15) is 0 Å². The Hall–Kier alpha value is -1.77. The third-order valence-corrected chi connectivity index (χ3v) is 2.01. The second-order valence-electron chi connectivity index (χ2n) is 3.35. The highest BCUT2D eigenvalue weighted by Gasteiger charge is 2.05. The maximum Gasteiger partial charge on any atom is 0.386 e. The molecule has 16 heavy (non-hydrogen) atoms. The first-order chi connectivity index (χ1) is 7.84. The molecular formula is C13H16O3. The molecule has 0 bridgehead atoms. The molecule has 0 N–H and O–H groups in total. The van der Waals surface area contributed by atoms with E-state index in [0.717, 1.165) is 19.3 Å². The number of carbonyl (C=O) groups excluding carboxylic acids is 1. The lowest BCUT2D eigenvalue weighted by Gasteiger charge is -1.99. The largest absolute Gasteiger partial charge is 0.386 e. The Labute approximate surface area is 95.6 Å². The smallest absolute Gasteiger partial charge is 0.295 e.